The Bertz CT molecular complexity index is 206. The van der Waals surface area contributed by atoms with Crippen LogP contribution in [0.2, 0.25) is 0 Å². The average molecular weight is 217 g/mol. The van der Waals surface area contributed by atoms with Crippen LogP contribution in [0.4, 0.5) is 0 Å². The van der Waals surface area contributed by atoms with E-state index in [0.717, 1.165) is 0 Å². The lowest BCUT2D eigenvalue weighted by atomic mass is 10.2. The number of esters is 1. The van der Waals surface area contributed by atoms with Crippen LogP contribution in [-0.2, 0) is 19.1 Å². The molecule has 0 heterocycles. The van der Waals surface area contributed by atoms with Crippen molar-refractivity contribution in [3.05, 3.63) is 0 Å². The third-order valence-electron chi connectivity index (χ3n) is 1.92. The number of ether oxygens (including phenoxy) is 2. The van der Waals surface area contributed by atoms with Crippen LogP contribution >= 0.6 is 0 Å². The van der Waals surface area contributed by atoms with Crippen molar-refractivity contribution in [2.75, 3.05) is 27.4 Å². The predicted octanol–water partition coefficient (Wildman–Crippen LogP) is 0.133. The third-order valence-corrected chi connectivity index (χ3v) is 1.92. The Morgan fingerprint density at radius 2 is 2.00 bits per heavy atom. The van der Waals surface area contributed by atoms with E-state index in [9.17, 15) is 9.59 Å². The summed E-state index contributed by atoms with van der Waals surface area (Å²) in [4.78, 5) is 21.7. The molecular formula is C10H19NO4. The van der Waals surface area contributed by atoms with Gasteiger partial charge in [-0.1, -0.05) is 0 Å². The van der Waals surface area contributed by atoms with Gasteiger partial charge < -0.3 is 14.8 Å². The second-order valence-corrected chi connectivity index (χ2v) is 3.34. The van der Waals surface area contributed by atoms with Crippen LogP contribution in [0.3, 0.4) is 0 Å². The molecule has 0 bridgehead atoms. The van der Waals surface area contributed by atoms with Crippen molar-refractivity contribution >= 4 is 11.8 Å². The second-order valence-electron chi connectivity index (χ2n) is 3.34. The highest BCUT2D eigenvalue weighted by Gasteiger charge is 2.13. The largest absolute Gasteiger partial charge is 0.469 e. The summed E-state index contributed by atoms with van der Waals surface area (Å²) < 4.78 is 9.50. The molecule has 15 heavy (non-hydrogen) atoms. The molecule has 0 saturated heterocycles. The van der Waals surface area contributed by atoms with E-state index in [1.165, 1.54) is 14.0 Å². The summed E-state index contributed by atoms with van der Waals surface area (Å²) in [7, 11) is 2.92. The Morgan fingerprint density at radius 1 is 1.33 bits per heavy atom. The molecule has 0 rings (SSSR count). The summed E-state index contributed by atoms with van der Waals surface area (Å²) in [6, 6.07) is -0.0956. The molecule has 0 fully saturated rings. The Morgan fingerprint density at radius 3 is 2.47 bits per heavy atom. The van der Waals surface area contributed by atoms with Gasteiger partial charge in [0, 0.05) is 26.1 Å². The van der Waals surface area contributed by atoms with Gasteiger partial charge in [0.15, 0.2) is 0 Å². The van der Waals surface area contributed by atoms with Crippen LogP contribution in [0.1, 0.15) is 19.8 Å². The topological polar surface area (TPSA) is 64.6 Å². The number of Topliss-reactive ketones (excluding diaryl/α,β-unsaturated/α-hetero) is 1. The molecule has 0 aromatic heterocycles. The zero-order chi connectivity index (χ0) is 11.7. The molecule has 1 N–H and O–H groups in total. The van der Waals surface area contributed by atoms with Gasteiger partial charge in [0.25, 0.3) is 0 Å². The fraction of sp³-hybridized carbons (Fsp3) is 0.800. The lowest BCUT2D eigenvalue weighted by Gasteiger charge is -2.16. The maximum Gasteiger partial charge on any atom is 0.307 e. The van der Waals surface area contributed by atoms with Gasteiger partial charge in [0.05, 0.1) is 20.1 Å². The van der Waals surface area contributed by atoms with Crippen LogP contribution in [-0.4, -0.2) is 45.2 Å². The molecule has 0 aliphatic carbocycles. The van der Waals surface area contributed by atoms with Crippen molar-refractivity contribution in [1.82, 2.24) is 5.32 Å². The Labute approximate surface area is 90.1 Å². The van der Waals surface area contributed by atoms with E-state index < -0.39 is 0 Å². The fourth-order valence-corrected chi connectivity index (χ4v) is 1.13. The first-order valence-electron chi connectivity index (χ1n) is 4.88. The predicted molar refractivity (Wildman–Crippen MR) is 55.6 cm³/mol. The quantitative estimate of drug-likeness (QED) is 0.586. The molecule has 5 heteroatoms. The zero-order valence-electron chi connectivity index (χ0n) is 9.54. The standard InChI is InChI=1S/C10H19NO4/c1-8(12)4-5-11-9(7-14-2)6-10(13)15-3/h9,11H,4-7H2,1-3H3/t9-/m0/s1. The summed E-state index contributed by atoms with van der Waals surface area (Å²) in [5.41, 5.74) is 0. The van der Waals surface area contributed by atoms with E-state index in [1.54, 1.807) is 7.11 Å². The number of rotatable bonds is 8. The number of carbonyl (C=O) groups is 2. The van der Waals surface area contributed by atoms with Gasteiger partial charge in [0.1, 0.15) is 5.78 Å². The normalized spacial score (nSPS) is 12.2. The van der Waals surface area contributed by atoms with Crippen molar-refractivity contribution in [3.63, 3.8) is 0 Å². The molecule has 0 unspecified atom stereocenters. The maximum absolute atomic E-state index is 11.0. The Kier molecular flexibility index (Phi) is 7.85. The molecule has 0 spiro atoms. The second kappa shape index (κ2) is 8.38. The van der Waals surface area contributed by atoms with Gasteiger partial charge in [-0.3, -0.25) is 9.59 Å². The summed E-state index contributed by atoms with van der Waals surface area (Å²) in [5.74, 6) is -0.163. The van der Waals surface area contributed by atoms with Gasteiger partial charge in [-0.2, -0.15) is 0 Å². The molecule has 0 amide bonds. The summed E-state index contributed by atoms with van der Waals surface area (Å²) in [6.07, 6.45) is 0.712. The fourth-order valence-electron chi connectivity index (χ4n) is 1.13. The van der Waals surface area contributed by atoms with E-state index in [2.05, 4.69) is 10.1 Å². The molecule has 0 aliphatic heterocycles. The monoisotopic (exact) mass is 217 g/mol. The Balaban J connectivity index is 3.82. The SMILES string of the molecule is COC[C@H](CC(=O)OC)NCCC(C)=O. The first-order chi connectivity index (χ1) is 7.10. The number of carbonyl (C=O) groups excluding carboxylic acids is 2. The molecule has 0 saturated carbocycles. The molecule has 0 aliphatic rings. The highest BCUT2D eigenvalue weighted by atomic mass is 16.5. The minimum atomic E-state index is -0.285. The number of ketones is 1. The molecule has 1 atom stereocenters. The van der Waals surface area contributed by atoms with Crippen LogP contribution in [0.15, 0.2) is 0 Å². The van der Waals surface area contributed by atoms with Gasteiger partial charge in [-0.15, -0.1) is 0 Å². The van der Waals surface area contributed by atoms with Crippen molar-refractivity contribution < 1.29 is 19.1 Å². The van der Waals surface area contributed by atoms with Crippen molar-refractivity contribution in [1.29, 1.82) is 0 Å². The van der Waals surface area contributed by atoms with Gasteiger partial charge in [-0.05, 0) is 6.92 Å². The lowest BCUT2D eigenvalue weighted by Crippen LogP contribution is -2.36. The van der Waals surface area contributed by atoms with E-state index in [4.69, 9.17) is 4.74 Å². The zero-order valence-corrected chi connectivity index (χ0v) is 9.54. The van der Waals surface area contributed by atoms with Crippen molar-refractivity contribution in [2.45, 2.75) is 25.8 Å². The summed E-state index contributed by atoms with van der Waals surface area (Å²) >= 11 is 0. The maximum atomic E-state index is 11.0. The van der Waals surface area contributed by atoms with Crippen LogP contribution in [0.25, 0.3) is 0 Å². The molecular weight excluding hydrogens is 198 g/mol. The van der Waals surface area contributed by atoms with Crippen LogP contribution < -0.4 is 5.32 Å². The number of hydrogen-bond donors (Lipinski definition) is 1. The van der Waals surface area contributed by atoms with E-state index in [0.29, 0.717) is 19.6 Å². The summed E-state index contributed by atoms with van der Waals surface area (Å²) in [5, 5.41) is 3.07. The van der Waals surface area contributed by atoms with Crippen molar-refractivity contribution in [3.8, 4) is 0 Å². The number of methoxy groups -OCH3 is 2. The smallest absolute Gasteiger partial charge is 0.307 e. The minimum Gasteiger partial charge on any atom is -0.469 e. The highest BCUT2D eigenvalue weighted by molar-refractivity contribution is 5.75. The Hall–Kier alpha value is -0.940. The van der Waals surface area contributed by atoms with Crippen LogP contribution in [0, 0.1) is 0 Å². The third kappa shape index (κ3) is 8.08. The van der Waals surface area contributed by atoms with Crippen LogP contribution in [0.5, 0.6) is 0 Å². The van der Waals surface area contributed by atoms with Crippen molar-refractivity contribution in [2.24, 2.45) is 0 Å². The molecule has 0 aromatic carbocycles. The van der Waals surface area contributed by atoms with Gasteiger partial charge in [0.2, 0.25) is 0 Å². The first kappa shape index (κ1) is 14.1. The lowest BCUT2D eigenvalue weighted by molar-refractivity contribution is -0.141. The number of nitrogens with one attached hydrogen (secondary N) is 1. The van der Waals surface area contributed by atoms with E-state index in [-0.39, 0.29) is 24.2 Å². The number of hydrogen-bond acceptors (Lipinski definition) is 5. The van der Waals surface area contributed by atoms with E-state index in [1.807, 2.05) is 0 Å². The van der Waals surface area contributed by atoms with Gasteiger partial charge >= 0.3 is 5.97 Å². The minimum absolute atomic E-state index is 0.0956. The summed E-state index contributed by atoms with van der Waals surface area (Å²) in [6.45, 7) is 2.51. The molecule has 0 aromatic rings. The molecule has 0 radical (unpaired) electrons. The average Bonchev–Trinajstić information content (AvgIpc) is 2.17. The first-order valence-corrected chi connectivity index (χ1v) is 4.88. The molecule has 88 valence electrons. The van der Waals surface area contributed by atoms with Gasteiger partial charge in [-0.25, -0.2) is 0 Å². The molecule has 5 nitrogen and oxygen atoms in total. The highest BCUT2D eigenvalue weighted by Crippen LogP contribution is 1.95. The van der Waals surface area contributed by atoms with E-state index >= 15 is 0 Å².